The number of hydrogen-bond acceptors (Lipinski definition) is 5. The van der Waals surface area contributed by atoms with Gasteiger partial charge in [-0.2, -0.15) is 13.2 Å². The molecule has 2 atom stereocenters. The van der Waals surface area contributed by atoms with Gasteiger partial charge in [-0.1, -0.05) is 5.16 Å². The fraction of sp³-hybridized carbons (Fsp3) is 0.467. The van der Waals surface area contributed by atoms with Crippen molar-refractivity contribution in [2.24, 2.45) is 0 Å². The summed E-state index contributed by atoms with van der Waals surface area (Å²) < 4.78 is 63.7. The molecule has 5 nitrogen and oxygen atoms in total. The molecular weight excluding hydrogens is 332 g/mol. The highest BCUT2D eigenvalue weighted by atomic mass is 19.4. The zero-order chi connectivity index (χ0) is 17.6. The first-order chi connectivity index (χ1) is 11.2. The van der Waals surface area contributed by atoms with Crippen LogP contribution in [0.25, 0.3) is 11.0 Å². The van der Waals surface area contributed by atoms with Crippen molar-refractivity contribution < 1.29 is 31.6 Å². The predicted octanol–water partition coefficient (Wildman–Crippen LogP) is 3.41. The van der Waals surface area contributed by atoms with E-state index >= 15 is 0 Å². The zero-order valence-corrected chi connectivity index (χ0v) is 12.9. The molecule has 0 bridgehead atoms. The van der Waals surface area contributed by atoms with Gasteiger partial charge in [0, 0.05) is 18.7 Å². The highest BCUT2D eigenvalue weighted by Gasteiger charge is 2.39. The van der Waals surface area contributed by atoms with E-state index in [0.717, 1.165) is 6.07 Å². The van der Waals surface area contributed by atoms with Crippen LogP contribution in [-0.2, 0) is 10.9 Å². The van der Waals surface area contributed by atoms with E-state index in [-0.39, 0.29) is 23.5 Å². The number of benzene rings is 1. The van der Waals surface area contributed by atoms with Crippen LogP contribution in [0.2, 0.25) is 0 Å². The molecule has 1 fully saturated rings. The SMILES string of the molecule is CC1CN(c2c(C=O)cc3c(C(F)(F)F)noc3c2F)CC(C)O1. The maximum Gasteiger partial charge on any atom is 0.437 e. The van der Waals surface area contributed by atoms with Gasteiger partial charge in [0.05, 0.1) is 23.3 Å². The fourth-order valence-corrected chi connectivity index (χ4v) is 3.02. The molecule has 1 saturated heterocycles. The number of hydrogen-bond donors (Lipinski definition) is 0. The summed E-state index contributed by atoms with van der Waals surface area (Å²) in [4.78, 5) is 12.9. The van der Waals surface area contributed by atoms with Gasteiger partial charge in [0.1, 0.15) is 0 Å². The van der Waals surface area contributed by atoms with Crippen molar-refractivity contribution >= 4 is 22.9 Å². The molecule has 3 rings (SSSR count). The number of morpholine rings is 1. The maximum absolute atomic E-state index is 14.8. The zero-order valence-electron chi connectivity index (χ0n) is 12.9. The second kappa shape index (κ2) is 5.73. The van der Waals surface area contributed by atoms with Crippen molar-refractivity contribution in [3.63, 3.8) is 0 Å². The van der Waals surface area contributed by atoms with E-state index in [9.17, 15) is 22.4 Å². The molecule has 0 N–H and O–H groups in total. The Hall–Kier alpha value is -2.16. The van der Waals surface area contributed by atoms with Crippen LogP contribution in [0.15, 0.2) is 10.6 Å². The van der Waals surface area contributed by atoms with Gasteiger partial charge in [0.25, 0.3) is 0 Å². The molecule has 2 heterocycles. The standard InChI is InChI=1S/C15H14F4N2O3/c1-7-4-21(5-8(2)23-7)12-9(6-22)3-10-13(11(12)16)24-20-14(10)15(17,18)19/h3,6-8H,4-5H2,1-2H3. The van der Waals surface area contributed by atoms with Crippen LogP contribution in [0, 0.1) is 5.82 Å². The number of carbonyl (C=O) groups excluding carboxylic acids is 1. The summed E-state index contributed by atoms with van der Waals surface area (Å²) in [7, 11) is 0. The third-order valence-electron chi connectivity index (χ3n) is 3.84. The van der Waals surface area contributed by atoms with Crippen molar-refractivity contribution in [1.29, 1.82) is 0 Å². The molecule has 0 amide bonds. The monoisotopic (exact) mass is 346 g/mol. The Morgan fingerprint density at radius 1 is 1.29 bits per heavy atom. The average Bonchev–Trinajstić information content (AvgIpc) is 2.90. The molecule has 130 valence electrons. The quantitative estimate of drug-likeness (QED) is 0.616. The summed E-state index contributed by atoms with van der Waals surface area (Å²) in [6, 6.07) is 0.963. The van der Waals surface area contributed by atoms with Gasteiger partial charge < -0.3 is 14.2 Å². The van der Waals surface area contributed by atoms with E-state index in [4.69, 9.17) is 4.74 Å². The van der Waals surface area contributed by atoms with Crippen molar-refractivity contribution in [1.82, 2.24) is 5.16 Å². The number of fused-ring (bicyclic) bond motifs is 1. The van der Waals surface area contributed by atoms with Gasteiger partial charge in [-0.3, -0.25) is 4.79 Å². The molecule has 2 aromatic rings. The van der Waals surface area contributed by atoms with Crippen molar-refractivity contribution in [3.05, 3.63) is 23.1 Å². The normalized spacial score (nSPS) is 22.2. The summed E-state index contributed by atoms with van der Waals surface area (Å²) in [5.41, 5.74) is -2.25. The second-order valence-electron chi connectivity index (χ2n) is 5.81. The van der Waals surface area contributed by atoms with Crippen molar-refractivity contribution in [3.8, 4) is 0 Å². The van der Waals surface area contributed by atoms with Crippen LogP contribution in [0.3, 0.4) is 0 Å². The summed E-state index contributed by atoms with van der Waals surface area (Å²) >= 11 is 0. The molecule has 1 aromatic carbocycles. The number of rotatable bonds is 2. The minimum atomic E-state index is -4.80. The summed E-state index contributed by atoms with van der Waals surface area (Å²) in [5, 5.41) is 2.35. The van der Waals surface area contributed by atoms with Crippen molar-refractivity contribution in [2.75, 3.05) is 18.0 Å². The molecule has 0 spiro atoms. The van der Waals surface area contributed by atoms with Crippen molar-refractivity contribution in [2.45, 2.75) is 32.2 Å². The highest BCUT2D eigenvalue weighted by molar-refractivity contribution is 5.95. The molecule has 24 heavy (non-hydrogen) atoms. The van der Waals surface area contributed by atoms with E-state index in [1.807, 2.05) is 0 Å². The van der Waals surface area contributed by atoms with Crippen LogP contribution in [0.1, 0.15) is 29.9 Å². The largest absolute Gasteiger partial charge is 0.437 e. The Morgan fingerprint density at radius 3 is 2.46 bits per heavy atom. The molecule has 9 heteroatoms. The highest BCUT2D eigenvalue weighted by Crippen LogP contribution is 2.39. The van der Waals surface area contributed by atoms with E-state index in [1.54, 1.807) is 18.7 Å². The number of nitrogens with zero attached hydrogens (tertiary/aromatic N) is 2. The van der Waals surface area contributed by atoms with E-state index in [1.165, 1.54) is 0 Å². The lowest BCUT2D eigenvalue weighted by molar-refractivity contribution is -0.141. The third kappa shape index (κ3) is 2.72. The Morgan fingerprint density at radius 2 is 1.92 bits per heavy atom. The summed E-state index contributed by atoms with van der Waals surface area (Å²) in [5.74, 6) is -1.03. The van der Waals surface area contributed by atoms with Gasteiger partial charge in [-0.15, -0.1) is 0 Å². The number of aromatic nitrogens is 1. The average molecular weight is 346 g/mol. The Kier molecular flexibility index (Phi) is 3.98. The van der Waals surface area contributed by atoms with E-state index in [2.05, 4.69) is 9.68 Å². The molecule has 1 aromatic heterocycles. The van der Waals surface area contributed by atoms with Gasteiger partial charge in [-0.25, -0.2) is 4.39 Å². The molecule has 2 unspecified atom stereocenters. The second-order valence-corrected chi connectivity index (χ2v) is 5.81. The lowest BCUT2D eigenvalue weighted by atomic mass is 10.1. The number of halogens is 4. The topological polar surface area (TPSA) is 55.6 Å². The Labute approximate surface area is 134 Å². The van der Waals surface area contributed by atoms with Gasteiger partial charge in [0.2, 0.25) is 5.58 Å². The Bertz CT molecular complexity index is 777. The lowest BCUT2D eigenvalue weighted by Crippen LogP contribution is -2.46. The number of carbonyl (C=O) groups is 1. The predicted molar refractivity (Wildman–Crippen MR) is 76.6 cm³/mol. The molecular formula is C15H14F4N2O3. The molecule has 1 aliphatic rings. The van der Waals surface area contributed by atoms with Crippen LogP contribution in [0.4, 0.5) is 23.2 Å². The van der Waals surface area contributed by atoms with Crippen LogP contribution >= 0.6 is 0 Å². The smallest absolute Gasteiger partial charge is 0.372 e. The minimum Gasteiger partial charge on any atom is -0.372 e. The third-order valence-corrected chi connectivity index (χ3v) is 3.84. The lowest BCUT2D eigenvalue weighted by Gasteiger charge is -2.37. The fourth-order valence-electron chi connectivity index (χ4n) is 3.02. The van der Waals surface area contributed by atoms with Gasteiger partial charge in [-0.05, 0) is 19.9 Å². The number of anilines is 1. The summed E-state index contributed by atoms with van der Waals surface area (Å²) in [6.45, 7) is 4.17. The van der Waals surface area contributed by atoms with E-state index < -0.39 is 28.7 Å². The first-order valence-corrected chi connectivity index (χ1v) is 7.27. The summed E-state index contributed by atoms with van der Waals surface area (Å²) in [6.07, 6.45) is -4.91. The Balaban J connectivity index is 2.19. The number of ether oxygens (including phenoxy) is 1. The number of alkyl halides is 3. The van der Waals surface area contributed by atoms with Gasteiger partial charge >= 0.3 is 6.18 Å². The maximum atomic E-state index is 14.8. The molecule has 1 aliphatic heterocycles. The first-order valence-electron chi connectivity index (χ1n) is 7.27. The van der Waals surface area contributed by atoms with E-state index in [0.29, 0.717) is 19.4 Å². The van der Waals surface area contributed by atoms with Crippen LogP contribution in [-0.4, -0.2) is 36.7 Å². The van der Waals surface area contributed by atoms with Crippen LogP contribution < -0.4 is 4.90 Å². The molecule has 0 aliphatic carbocycles. The first kappa shape index (κ1) is 16.7. The van der Waals surface area contributed by atoms with Gasteiger partial charge in [0.15, 0.2) is 17.8 Å². The molecule has 0 saturated carbocycles. The number of aldehydes is 1. The minimum absolute atomic E-state index is 0.0932. The van der Waals surface area contributed by atoms with Crippen LogP contribution in [0.5, 0.6) is 0 Å². The molecule has 0 radical (unpaired) electrons.